The maximum Gasteiger partial charge on any atom is 0.238 e. The van der Waals surface area contributed by atoms with Crippen molar-refractivity contribution in [1.82, 2.24) is 4.90 Å². The van der Waals surface area contributed by atoms with Gasteiger partial charge in [0.2, 0.25) is 5.91 Å². The molecule has 3 nitrogen and oxygen atoms in total. The average Bonchev–Trinajstić information content (AvgIpc) is 2.61. The first kappa shape index (κ1) is 15.4. The number of likely N-dealkylation sites (tertiary alicyclic amines) is 1. The highest BCUT2D eigenvalue weighted by Crippen LogP contribution is 2.53. The SMILES string of the molecule is O=C(CN1C[C@H]2CCCC[C@]21c1ccccc1)Nc1ccccc1. The normalized spacial score (nSPS) is 26.2. The maximum atomic E-state index is 12.5. The molecule has 1 heterocycles. The van der Waals surface area contributed by atoms with Crippen LogP contribution >= 0.6 is 0 Å². The molecule has 3 heteroatoms. The lowest BCUT2D eigenvalue weighted by Gasteiger charge is -2.61. The fraction of sp³-hybridized carbons (Fsp3) is 0.381. The quantitative estimate of drug-likeness (QED) is 0.922. The van der Waals surface area contributed by atoms with Gasteiger partial charge in [-0.2, -0.15) is 0 Å². The molecule has 2 aliphatic rings. The van der Waals surface area contributed by atoms with E-state index in [4.69, 9.17) is 0 Å². The van der Waals surface area contributed by atoms with E-state index < -0.39 is 0 Å². The molecule has 1 amide bonds. The van der Waals surface area contributed by atoms with E-state index in [1.165, 1.54) is 31.2 Å². The van der Waals surface area contributed by atoms with Crippen LogP contribution in [-0.4, -0.2) is 23.9 Å². The molecule has 0 bridgehead atoms. The van der Waals surface area contributed by atoms with Crippen molar-refractivity contribution in [2.75, 3.05) is 18.4 Å². The topological polar surface area (TPSA) is 32.3 Å². The van der Waals surface area contributed by atoms with Crippen molar-refractivity contribution in [1.29, 1.82) is 0 Å². The number of carbonyl (C=O) groups excluding carboxylic acids is 1. The summed E-state index contributed by atoms with van der Waals surface area (Å²) in [5, 5.41) is 3.02. The number of para-hydroxylation sites is 1. The van der Waals surface area contributed by atoms with E-state index in [1.807, 2.05) is 30.3 Å². The van der Waals surface area contributed by atoms with Gasteiger partial charge in [0.05, 0.1) is 12.1 Å². The van der Waals surface area contributed by atoms with E-state index in [-0.39, 0.29) is 11.4 Å². The van der Waals surface area contributed by atoms with Gasteiger partial charge in [0.1, 0.15) is 0 Å². The first-order valence-corrected chi connectivity index (χ1v) is 8.94. The van der Waals surface area contributed by atoms with E-state index >= 15 is 0 Å². The van der Waals surface area contributed by atoms with E-state index in [1.54, 1.807) is 0 Å². The van der Waals surface area contributed by atoms with Crippen molar-refractivity contribution in [3.63, 3.8) is 0 Å². The number of amides is 1. The number of fused-ring (bicyclic) bond motifs is 1. The largest absolute Gasteiger partial charge is 0.325 e. The van der Waals surface area contributed by atoms with Gasteiger partial charge in [-0.3, -0.25) is 9.69 Å². The summed E-state index contributed by atoms with van der Waals surface area (Å²) in [7, 11) is 0. The number of hydrogen-bond donors (Lipinski definition) is 1. The number of rotatable bonds is 4. The minimum Gasteiger partial charge on any atom is -0.325 e. The van der Waals surface area contributed by atoms with Gasteiger partial charge in [-0.05, 0) is 36.5 Å². The molecule has 2 aromatic carbocycles. The van der Waals surface area contributed by atoms with E-state index in [0.717, 1.165) is 12.2 Å². The van der Waals surface area contributed by atoms with E-state index in [0.29, 0.717) is 12.5 Å². The Bertz CT molecular complexity index is 700. The Kier molecular flexibility index (Phi) is 4.11. The predicted octanol–water partition coefficient (Wildman–Crippen LogP) is 4.03. The highest BCUT2D eigenvalue weighted by Gasteiger charge is 2.55. The first-order valence-electron chi connectivity index (χ1n) is 8.94. The highest BCUT2D eigenvalue weighted by molar-refractivity contribution is 5.92. The van der Waals surface area contributed by atoms with Gasteiger partial charge in [-0.25, -0.2) is 0 Å². The lowest BCUT2D eigenvalue weighted by atomic mass is 9.62. The van der Waals surface area contributed by atoms with E-state index in [9.17, 15) is 4.79 Å². The molecule has 2 aromatic rings. The number of carbonyl (C=O) groups is 1. The van der Waals surface area contributed by atoms with Crippen LogP contribution in [-0.2, 0) is 10.3 Å². The number of benzene rings is 2. The van der Waals surface area contributed by atoms with Crippen molar-refractivity contribution < 1.29 is 4.79 Å². The molecule has 1 aliphatic heterocycles. The van der Waals surface area contributed by atoms with Gasteiger partial charge in [0, 0.05) is 12.2 Å². The number of anilines is 1. The summed E-state index contributed by atoms with van der Waals surface area (Å²) in [6.07, 6.45) is 5.03. The lowest BCUT2D eigenvalue weighted by molar-refractivity contribution is -0.138. The fourth-order valence-corrected chi connectivity index (χ4v) is 4.59. The second-order valence-electron chi connectivity index (χ2n) is 7.03. The van der Waals surface area contributed by atoms with Gasteiger partial charge >= 0.3 is 0 Å². The van der Waals surface area contributed by atoms with Gasteiger partial charge in [0.25, 0.3) is 0 Å². The van der Waals surface area contributed by atoms with Crippen LogP contribution in [0.3, 0.4) is 0 Å². The summed E-state index contributed by atoms with van der Waals surface area (Å²) < 4.78 is 0. The van der Waals surface area contributed by atoms with E-state index in [2.05, 4.69) is 40.5 Å². The Balaban J connectivity index is 1.51. The predicted molar refractivity (Wildman–Crippen MR) is 96.7 cm³/mol. The van der Waals surface area contributed by atoms with Crippen molar-refractivity contribution >= 4 is 11.6 Å². The summed E-state index contributed by atoms with van der Waals surface area (Å²) in [6, 6.07) is 20.5. The number of nitrogens with one attached hydrogen (secondary N) is 1. The summed E-state index contributed by atoms with van der Waals surface area (Å²) in [5.74, 6) is 0.777. The minimum atomic E-state index is 0.0769. The van der Waals surface area contributed by atoms with Crippen molar-refractivity contribution in [2.45, 2.75) is 31.2 Å². The van der Waals surface area contributed by atoms with Crippen LogP contribution in [0.2, 0.25) is 0 Å². The second-order valence-corrected chi connectivity index (χ2v) is 7.03. The zero-order chi connectivity index (χ0) is 16.4. The monoisotopic (exact) mass is 320 g/mol. The molecule has 0 aromatic heterocycles. The van der Waals surface area contributed by atoms with Crippen molar-refractivity contribution in [2.24, 2.45) is 5.92 Å². The second kappa shape index (κ2) is 6.40. The van der Waals surface area contributed by atoms with Crippen molar-refractivity contribution in [3.05, 3.63) is 66.2 Å². The van der Waals surface area contributed by atoms with Crippen LogP contribution in [0.5, 0.6) is 0 Å². The molecule has 0 radical (unpaired) electrons. The van der Waals surface area contributed by atoms with Crippen LogP contribution < -0.4 is 5.32 Å². The maximum absolute atomic E-state index is 12.5. The van der Waals surface area contributed by atoms with Gasteiger partial charge in [-0.15, -0.1) is 0 Å². The molecule has 124 valence electrons. The molecule has 0 unspecified atom stereocenters. The van der Waals surface area contributed by atoms with Crippen LogP contribution in [0.1, 0.15) is 31.2 Å². The summed E-state index contributed by atoms with van der Waals surface area (Å²) >= 11 is 0. The Labute approximate surface area is 143 Å². The third-order valence-electron chi connectivity index (χ3n) is 5.71. The Morgan fingerprint density at radius 3 is 2.46 bits per heavy atom. The summed E-state index contributed by atoms with van der Waals surface area (Å²) in [6.45, 7) is 1.51. The smallest absolute Gasteiger partial charge is 0.238 e. The number of nitrogens with zero attached hydrogens (tertiary/aromatic N) is 1. The third-order valence-corrected chi connectivity index (χ3v) is 5.71. The van der Waals surface area contributed by atoms with Crippen LogP contribution in [0.4, 0.5) is 5.69 Å². The molecule has 1 N–H and O–H groups in total. The molecule has 1 saturated heterocycles. The van der Waals surface area contributed by atoms with Crippen LogP contribution in [0.25, 0.3) is 0 Å². The molecule has 0 spiro atoms. The molecular formula is C21H24N2O. The molecule has 4 rings (SSSR count). The minimum absolute atomic E-state index is 0.0769. The zero-order valence-corrected chi connectivity index (χ0v) is 13.9. The third kappa shape index (κ3) is 2.63. The Morgan fingerprint density at radius 2 is 1.75 bits per heavy atom. The van der Waals surface area contributed by atoms with Crippen LogP contribution in [0.15, 0.2) is 60.7 Å². The standard InChI is InChI=1S/C21H24N2O/c24-20(22-19-12-5-2-6-13-19)16-23-15-18-11-7-8-14-21(18,23)17-9-3-1-4-10-17/h1-6,9-10,12-13,18H,7-8,11,14-16H2,(H,22,24)/t18-,21+/m1/s1. The zero-order valence-electron chi connectivity index (χ0n) is 13.9. The summed E-state index contributed by atoms with van der Waals surface area (Å²) in [5.41, 5.74) is 2.33. The average molecular weight is 320 g/mol. The fourth-order valence-electron chi connectivity index (χ4n) is 4.59. The molecule has 24 heavy (non-hydrogen) atoms. The Hall–Kier alpha value is -2.13. The molecule has 2 fully saturated rings. The molecule has 2 atom stereocenters. The van der Waals surface area contributed by atoms with Crippen LogP contribution in [0, 0.1) is 5.92 Å². The van der Waals surface area contributed by atoms with Gasteiger partial charge < -0.3 is 5.32 Å². The molecule has 1 aliphatic carbocycles. The van der Waals surface area contributed by atoms with Crippen molar-refractivity contribution in [3.8, 4) is 0 Å². The summed E-state index contributed by atoms with van der Waals surface area (Å²) in [4.78, 5) is 14.9. The lowest BCUT2D eigenvalue weighted by Crippen LogP contribution is -2.67. The molecule has 1 saturated carbocycles. The Morgan fingerprint density at radius 1 is 1.04 bits per heavy atom. The van der Waals surface area contributed by atoms with Gasteiger partial charge in [-0.1, -0.05) is 61.4 Å². The number of hydrogen-bond acceptors (Lipinski definition) is 2. The first-order chi connectivity index (χ1) is 11.8. The van der Waals surface area contributed by atoms with Gasteiger partial charge in [0.15, 0.2) is 0 Å². The molecular weight excluding hydrogens is 296 g/mol. The highest BCUT2D eigenvalue weighted by atomic mass is 16.2.